The van der Waals surface area contributed by atoms with E-state index in [1.165, 1.54) is 0 Å². The molecule has 0 aliphatic carbocycles. The van der Waals surface area contributed by atoms with Gasteiger partial charge < -0.3 is 10.1 Å². The van der Waals surface area contributed by atoms with Crippen molar-refractivity contribution in [3.8, 4) is 0 Å². The minimum Gasteiger partial charge on any atom is -0.382 e. The van der Waals surface area contributed by atoms with Crippen molar-refractivity contribution in [1.29, 1.82) is 0 Å². The number of hydrogen-bond acceptors (Lipinski definition) is 2. The van der Waals surface area contributed by atoms with E-state index in [4.69, 9.17) is 4.74 Å². The van der Waals surface area contributed by atoms with Gasteiger partial charge in [-0.1, -0.05) is 19.9 Å². The Balaban J connectivity index is 3.74. The van der Waals surface area contributed by atoms with Gasteiger partial charge in [-0.25, -0.2) is 0 Å². The summed E-state index contributed by atoms with van der Waals surface area (Å²) in [6.45, 7) is 13.8. The third-order valence-corrected chi connectivity index (χ3v) is 2.29. The first kappa shape index (κ1) is 12.7. The molecule has 0 radical (unpaired) electrons. The van der Waals surface area contributed by atoms with Crippen LogP contribution < -0.4 is 5.32 Å². The van der Waals surface area contributed by atoms with E-state index in [0.29, 0.717) is 0 Å². The molecule has 1 unspecified atom stereocenters. The van der Waals surface area contributed by atoms with Gasteiger partial charge in [0.1, 0.15) is 0 Å². The minimum atomic E-state index is 0.172. The maximum Gasteiger partial charge on any atom is 0.0474 e. The molecule has 2 nitrogen and oxygen atoms in total. The molecule has 0 spiro atoms. The summed E-state index contributed by atoms with van der Waals surface area (Å²) < 4.78 is 5.34. The van der Waals surface area contributed by atoms with Crippen molar-refractivity contribution >= 4 is 0 Å². The van der Waals surface area contributed by atoms with Crippen LogP contribution in [0.1, 0.15) is 27.2 Å². The summed E-state index contributed by atoms with van der Waals surface area (Å²) >= 11 is 0. The van der Waals surface area contributed by atoms with Crippen molar-refractivity contribution in [2.24, 2.45) is 5.41 Å². The van der Waals surface area contributed by atoms with Gasteiger partial charge in [0.25, 0.3) is 0 Å². The Bertz CT molecular complexity index is 136. The predicted molar refractivity (Wildman–Crippen MR) is 58.0 cm³/mol. The van der Waals surface area contributed by atoms with Crippen molar-refractivity contribution in [2.45, 2.75) is 27.2 Å². The van der Waals surface area contributed by atoms with E-state index in [0.717, 1.165) is 32.7 Å². The molecule has 13 heavy (non-hydrogen) atoms. The van der Waals surface area contributed by atoms with Gasteiger partial charge in [0.05, 0.1) is 0 Å². The molecule has 78 valence electrons. The van der Waals surface area contributed by atoms with Gasteiger partial charge in [0, 0.05) is 19.8 Å². The summed E-state index contributed by atoms with van der Waals surface area (Å²) in [7, 11) is 0. The van der Waals surface area contributed by atoms with Crippen molar-refractivity contribution in [2.75, 3.05) is 26.3 Å². The highest BCUT2D eigenvalue weighted by Crippen LogP contribution is 2.21. The van der Waals surface area contributed by atoms with Crippen molar-refractivity contribution < 1.29 is 4.74 Å². The number of rotatable bonds is 8. The Morgan fingerprint density at radius 3 is 2.62 bits per heavy atom. The molecular formula is C11H23NO. The summed E-state index contributed by atoms with van der Waals surface area (Å²) in [6, 6.07) is 0. The molecule has 0 aromatic heterocycles. The van der Waals surface area contributed by atoms with Crippen LogP contribution in [0.25, 0.3) is 0 Å². The lowest BCUT2D eigenvalue weighted by atomic mass is 9.87. The standard InChI is InChI=1S/C11H23NO/c1-5-11(4,10-12-6-2)8-9-13-7-3/h5,12H,1,6-10H2,2-4H3. The van der Waals surface area contributed by atoms with E-state index in [9.17, 15) is 0 Å². The summed E-state index contributed by atoms with van der Waals surface area (Å²) in [6.07, 6.45) is 3.06. The van der Waals surface area contributed by atoms with E-state index >= 15 is 0 Å². The Labute approximate surface area is 82.4 Å². The highest BCUT2D eigenvalue weighted by Gasteiger charge is 2.18. The van der Waals surface area contributed by atoms with Gasteiger partial charge >= 0.3 is 0 Å². The monoisotopic (exact) mass is 185 g/mol. The van der Waals surface area contributed by atoms with Crippen molar-refractivity contribution in [3.05, 3.63) is 12.7 Å². The Morgan fingerprint density at radius 1 is 1.46 bits per heavy atom. The molecule has 0 aromatic rings. The number of nitrogens with one attached hydrogen (secondary N) is 1. The molecule has 2 heteroatoms. The third kappa shape index (κ3) is 5.83. The number of ether oxygens (including phenoxy) is 1. The van der Waals surface area contributed by atoms with E-state index in [1.54, 1.807) is 0 Å². The molecule has 0 aromatic carbocycles. The topological polar surface area (TPSA) is 21.3 Å². The summed E-state index contributed by atoms with van der Waals surface area (Å²) in [5.41, 5.74) is 0.172. The molecular weight excluding hydrogens is 162 g/mol. The second-order valence-electron chi connectivity index (χ2n) is 3.59. The molecule has 0 amide bonds. The zero-order chi connectivity index (χ0) is 10.2. The van der Waals surface area contributed by atoms with E-state index in [2.05, 4.69) is 25.7 Å². The van der Waals surface area contributed by atoms with Crippen molar-refractivity contribution in [1.82, 2.24) is 5.32 Å². The first-order valence-corrected chi connectivity index (χ1v) is 5.10. The zero-order valence-electron chi connectivity index (χ0n) is 9.23. The van der Waals surface area contributed by atoms with Crippen LogP contribution in [0.3, 0.4) is 0 Å². The molecule has 1 N–H and O–H groups in total. The maximum absolute atomic E-state index is 5.34. The first-order chi connectivity index (χ1) is 6.18. The lowest BCUT2D eigenvalue weighted by Crippen LogP contribution is -2.31. The fourth-order valence-corrected chi connectivity index (χ4v) is 1.12. The van der Waals surface area contributed by atoms with Gasteiger partial charge in [-0.2, -0.15) is 0 Å². The minimum absolute atomic E-state index is 0.172. The predicted octanol–water partition coefficient (Wildman–Crippen LogP) is 2.21. The second-order valence-corrected chi connectivity index (χ2v) is 3.59. The van der Waals surface area contributed by atoms with Gasteiger partial charge in [-0.15, -0.1) is 6.58 Å². The van der Waals surface area contributed by atoms with Crippen LogP contribution >= 0.6 is 0 Å². The van der Waals surface area contributed by atoms with Crippen LogP contribution in [0, 0.1) is 5.41 Å². The molecule has 0 saturated heterocycles. The molecule has 0 bridgehead atoms. The molecule has 0 fully saturated rings. The maximum atomic E-state index is 5.34. The summed E-state index contributed by atoms with van der Waals surface area (Å²) in [4.78, 5) is 0. The average Bonchev–Trinajstić information content (AvgIpc) is 2.15. The lowest BCUT2D eigenvalue weighted by Gasteiger charge is -2.25. The van der Waals surface area contributed by atoms with Crippen LogP contribution in [0.5, 0.6) is 0 Å². The highest BCUT2D eigenvalue weighted by atomic mass is 16.5. The van der Waals surface area contributed by atoms with Crippen LogP contribution in [-0.2, 0) is 4.74 Å². The Hall–Kier alpha value is -0.340. The van der Waals surface area contributed by atoms with Gasteiger partial charge in [-0.3, -0.25) is 0 Å². The fourth-order valence-electron chi connectivity index (χ4n) is 1.12. The molecule has 0 saturated carbocycles. The largest absolute Gasteiger partial charge is 0.382 e. The van der Waals surface area contributed by atoms with Crippen molar-refractivity contribution in [3.63, 3.8) is 0 Å². The molecule has 0 aliphatic rings. The first-order valence-electron chi connectivity index (χ1n) is 5.10. The SMILES string of the molecule is C=CC(C)(CCOCC)CNCC. The summed E-state index contributed by atoms with van der Waals surface area (Å²) in [5, 5.41) is 3.34. The van der Waals surface area contributed by atoms with Gasteiger partial charge in [0.2, 0.25) is 0 Å². The Morgan fingerprint density at radius 2 is 2.15 bits per heavy atom. The smallest absolute Gasteiger partial charge is 0.0474 e. The van der Waals surface area contributed by atoms with E-state index in [-0.39, 0.29) is 5.41 Å². The second kappa shape index (κ2) is 7.10. The lowest BCUT2D eigenvalue weighted by molar-refractivity contribution is 0.121. The fraction of sp³-hybridized carbons (Fsp3) is 0.818. The molecule has 0 aliphatic heterocycles. The normalized spacial score (nSPS) is 15.3. The van der Waals surface area contributed by atoms with E-state index in [1.807, 2.05) is 13.0 Å². The Kier molecular flexibility index (Phi) is 6.92. The molecule has 0 rings (SSSR count). The molecule has 0 heterocycles. The highest BCUT2D eigenvalue weighted by molar-refractivity contribution is 4.92. The summed E-state index contributed by atoms with van der Waals surface area (Å²) in [5.74, 6) is 0. The van der Waals surface area contributed by atoms with E-state index < -0.39 is 0 Å². The van der Waals surface area contributed by atoms with Crippen LogP contribution in [0.4, 0.5) is 0 Å². The molecule has 1 atom stereocenters. The van der Waals surface area contributed by atoms with Gasteiger partial charge in [-0.05, 0) is 25.3 Å². The van der Waals surface area contributed by atoms with Crippen LogP contribution in [-0.4, -0.2) is 26.3 Å². The third-order valence-electron chi connectivity index (χ3n) is 2.29. The quantitative estimate of drug-likeness (QED) is 0.462. The zero-order valence-corrected chi connectivity index (χ0v) is 9.23. The number of hydrogen-bond donors (Lipinski definition) is 1. The van der Waals surface area contributed by atoms with Crippen LogP contribution in [0.2, 0.25) is 0 Å². The van der Waals surface area contributed by atoms with Crippen LogP contribution in [0.15, 0.2) is 12.7 Å². The van der Waals surface area contributed by atoms with Gasteiger partial charge in [0.15, 0.2) is 0 Å². The average molecular weight is 185 g/mol.